The van der Waals surface area contributed by atoms with Crippen LogP contribution >= 0.6 is 0 Å². The molecule has 2 aromatic rings. The second-order valence-electron chi connectivity index (χ2n) is 3.21. The van der Waals surface area contributed by atoms with Crippen LogP contribution in [-0.2, 0) is 0 Å². The fourth-order valence-corrected chi connectivity index (χ4v) is 1.70. The molecule has 0 unspecified atom stereocenters. The van der Waals surface area contributed by atoms with Crippen LogP contribution in [0.25, 0.3) is 10.9 Å². The molecule has 5 heteroatoms. The molecule has 1 aromatic heterocycles. The van der Waals surface area contributed by atoms with Gasteiger partial charge in [-0.05, 0) is 12.1 Å². The highest BCUT2D eigenvalue weighted by Crippen LogP contribution is 2.29. The van der Waals surface area contributed by atoms with Crippen molar-refractivity contribution in [2.45, 2.75) is 0 Å². The summed E-state index contributed by atoms with van der Waals surface area (Å²) in [4.78, 5) is 21.8. The second-order valence-corrected chi connectivity index (χ2v) is 3.21. The number of rotatable bonds is 2. The molecule has 0 aliphatic carbocycles. The molecule has 0 aliphatic heterocycles. The molecule has 82 valence electrons. The molecule has 1 aromatic carbocycles. The number of hydrogen-bond acceptors (Lipinski definition) is 3. The molecular formula is C11H9NO4. The zero-order valence-electron chi connectivity index (χ0n) is 8.51. The Kier molecular flexibility index (Phi) is 2.36. The van der Waals surface area contributed by atoms with E-state index in [0.29, 0.717) is 28.5 Å². The van der Waals surface area contributed by atoms with Gasteiger partial charge in [0.2, 0.25) is 0 Å². The number of ether oxygens (including phenoxy) is 1. The summed E-state index contributed by atoms with van der Waals surface area (Å²) in [5, 5.41) is 9.48. The van der Waals surface area contributed by atoms with Gasteiger partial charge in [0.25, 0.3) is 0 Å². The van der Waals surface area contributed by atoms with Gasteiger partial charge in [-0.2, -0.15) is 0 Å². The highest BCUT2D eigenvalue weighted by atomic mass is 16.5. The minimum absolute atomic E-state index is 0.301. The van der Waals surface area contributed by atoms with Crippen LogP contribution in [-0.4, -0.2) is 29.2 Å². The van der Waals surface area contributed by atoms with Crippen LogP contribution in [0.15, 0.2) is 24.4 Å². The van der Waals surface area contributed by atoms with Crippen LogP contribution in [0.5, 0.6) is 5.75 Å². The molecule has 0 bridgehead atoms. The zero-order chi connectivity index (χ0) is 11.7. The van der Waals surface area contributed by atoms with Gasteiger partial charge in [0.05, 0.1) is 18.0 Å². The summed E-state index contributed by atoms with van der Waals surface area (Å²) < 4.78 is 6.10. The Bertz CT molecular complexity index is 571. The minimum atomic E-state index is -1.13. The van der Waals surface area contributed by atoms with E-state index in [9.17, 15) is 9.59 Å². The van der Waals surface area contributed by atoms with Gasteiger partial charge >= 0.3 is 6.09 Å². The Hall–Kier alpha value is -2.30. The molecule has 5 nitrogen and oxygen atoms in total. The number of aromatic nitrogens is 1. The lowest BCUT2D eigenvalue weighted by atomic mass is 10.2. The SMILES string of the molecule is COc1cccc2c1c(C=O)cn2C(=O)O. The first-order valence-electron chi connectivity index (χ1n) is 4.55. The van der Waals surface area contributed by atoms with Crippen LogP contribution in [0.2, 0.25) is 0 Å². The number of carboxylic acid groups (broad SMARTS) is 1. The lowest BCUT2D eigenvalue weighted by molar-refractivity contribution is 0.112. The summed E-state index contributed by atoms with van der Waals surface area (Å²) in [7, 11) is 1.47. The lowest BCUT2D eigenvalue weighted by Crippen LogP contribution is -2.05. The van der Waals surface area contributed by atoms with E-state index in [1.165, 1.54) is 13.3 Å². The predicted molar refractivity (Wildman–Crippen MR) is 57.3 cm³/mol. The monoisotopic (exact) mass is 219 g/mol. The van der Waals surface area contributed by atoms with Crippen molar-refractivity contribution in [3.05, 3.63) is 30.0 Å². The molecule has 2 rings (SSSR count). The smallest absolute Gasteiger partial charge is 0.416 e. The fourth-order valence-electron chi connectivity index (χ4n) is 1.70. The first-order valence-corrected chi connectivity index (χ1v) is 4.55. The Labute approximate surface area is 90.9 Å². The maximum Gasteiger partial charge on any atom is 0.416 e. The van der Waals surface area contributed by atoms with E-state index in [1.807, 2.05) is 0 Å². The van der Waals surface area contributed by atoms with Crippen molar-refractivity contribution in [2.24, 2.45) is 0 Å². The third-order valence-corrected chi connectivity index (χ3v) is 2.37. The van der Waals surface area contributed by atoms with Crippen LogP contribution < -0.4 is 4.74 Å². The van der Waals surface area contributed by atoms with Crippen molar-refractivity contribution < 1.29 is 19.4 Å². The molecule has 0 saturated carbocycles. The number of benzene rings is 1. The largest absolute Gasteiger partial charge is 0.496 e. The van der Waals surface area contributed by atoms with Gasteiger partial charge in [0, 0.05) is 11.8 Å². The lowest BCUT2D eigenvalue weighted by Gasteiger charge is -2.02. The van der Waals surface area contributed by atoms with Crippen LogP contribution in [0.3, 0.4) is 0 Å². The molecule has 0 spiro atoms. The number of carbonyl (C=O) groups excluding carboxylic acids is 1. The molecule has 0 saturated heterocycles. The standard InChI is InChI=1S/C11H9NO4/c1-16-9-4-2-3-8-10(9)7(6-13)5-12(8)11(14)15/h2-6H,1H3,(H,14,15). The Morgan fingerprint density at radius 1 is 1.50 bits per heavy atom. The highest BCUT2D eigenvalue weighted by molar-refractivity contribution is 6.04. The number of fused-ring (bicyclic) bond motifs is 1. The highest BCUT2D eigenvalue weighted by Gasteiger charge is 2.15. The fraction of sp³-hybridized carbons (Fsp3) is 0.0909. The Morgan fingerprint density at radius 2 is 2.25 bits per heavy atom. The van der Waals surface area contributed by atoms with E-state index < -0.39 is 6.09 Å². The van der Waals surface area contributed by atoms with Crippen molar-refractivity contribution in [3.8, 4) is 5.75 Å². The van der Waals surface area contributed by atoms with Gasteiger partial charge in [0.15, 0.2) is 6.29 Å². The van der Waals surface area contributed by atoms with Gasteiger partial charge < -0.3 is 9.84 Å². The van der Waals surface area contributed by atoms with Gasteiger partial charge in [-0.25, -0.2) is 4.79 Å². The summed E-state index contributed by atoms with van der Waals surface area (Å²) in [5.41, 5.74) is 0.740. The maximum atomic E-state index is 11.0. The molecule has 1 heterocycles. The van der Waals surface area contributed by atoms with Crippen molar-refractivity contribution in [1.29, 1.82) is 0 Å². The molecule has 0 aliphatic rings. The third-order valence-electron chi connectivity index (χ3n) is 2.37. The Morgan fingerprint density at radius 3 is 2.81 bits per heavy atom. The van der Waals surface area contributed by atoms with E-state index in [0.717, 1.165) is 4.57 Å². The number of carbonyl (C=O) groups is 2. The summed E-state index contributed by atoms with van der Waals surface area (Å²) >= 11 is 0. The summed E-state index contributed by atoms with van der Waals surface area (Å²) in [5.74, 6) is 0.486. The van der Waals surface area contributed by atoms with E-state index in [-0.39, 0.29) is 0 Å². The van der Waals surface area contributed by atoms with E-state index >= 15 is 0 Å². The van der Waals surface area contributed by atoms with Crippen molar-refractivity contribution in [2.75, 3.05) is 7.11 Å². The summed E-state index contributed by atoms with van der Waals surface area (Å²) in [6.45, 7) is 0. The second kappa shape index (κ2) is 3.69. The maximum absolute atomic E-state index is 11.0. The average molecular weight is 219 g/mol. The van der Waals surface area contributed by atoms with Crippen LogP contribution in [0.4, 0.5) is 4.79 Å². The van der Waals surface area contributed by atoms with Crippen LogP contribution in [0.1, 0.15) is 10.4 Å². The topological polar surface area (TPSA) is 68.5 Å². The third kappa shape index (κ3) is 1.33. The quantitative estimate of drug-likeness (QED) is 0.784. The molecule has 0 atom stereocenters. The van der Waals surface area contributed by atoms with E-state index in [2.05, 4.69) is 0 Å². The molecule has 0 radical (unpaired) electrons. The number of methoxy groups -OCH3 is 1. The normalized spacial score (nSPS) is 10.3. The molecule has 16 heavy (non-hydrogen) atoms. The minimum Gasteiger partial charge on any atom is -0.496 e. The van der Waals surface area contributed by atoms with Crippen molar-refractivity contribution >= 4 is 23.3 Å². The Balaban J connectivity index is 2.89. The first kappa shape index (κ1) is 10.2. The zero-order valence-corrected chi connectivity index (χ0v) is 8.51. The summed E-state index contributed by atoms with van der Waals surface area (Å²) in [6, 6.07) is 4.98. The van der Waals surface area contributed by atoms with Crippen molar-refractivity contribution in [1.82, 2.24) is 4.57 Å². The van der Waals surface area contributed by atoms with Crippen molar-refractivity contribution in [3.63, 3.8) is 0 Å². The number of hydrogen-bond donors (Lipinski definition) is 1. The van der Waals surface area contributed by atoms with Crippen LogP contribution in [0, 0.1) is 0 Å². The molecule has 0 fully saturated rings. The van der Waals surface area contributed by atoms with Gasteiger partial charge in [-0.1, -0.05) is 6.07 Å². The van der Waals surface area contributed by atoms with Gasteiger partial charge in [0.1, 0.15) is 5.75 Å². The summed E-state index contributed by atoms with van der Waals surface area (Å²) in [6.07, 6.45) is 0.763. The van der Waals surface area contributed by atoms with Gasteiger partial charge in [-0.15, -0.1) is 0 Å². The predicted octanol–water partition coefficient (Wildman–Crippen LogP) is 1.99. The molecule has 0 amide bonds. The first-order chi connectivity index (χ1) is 7.69. The number of aldehydes is 1. The molecule has 1 N–H and O–H groups in total. The number of nitrogens with zero attached hydrogens (tertiary/aromatic N) is 1. The van der Waals surface area contributed by atoms with E-state index in [4.69, 9.17) is 9.84 Å². The molecular weight excluding hydrogens is 210 g/mol. The van der Waals surface area contributed by atoms with E-state index in [1.54, 1.807) is 18.2 Å². The average Bonchev–Trinajstić information content (AvgIpc) is 2.67. The van der Waals surface area contributed by atoms with Gasteiger partial charge in [-0.3, -0.25) is 9.36 Å².